The summed E-state index contributed by atoms with van der Waals surface area (Å²) < 4.78 is 10.4. The van der Waals surface area contributed by atoms with E-state index >= 15 is 0 Å². The molecule has 1 heterocycles. The van der Waals surface area contributed by atoms with Gasteiger partial charge in [0.1, 0.15) is 0 Å². The summed E-state index contributed by atoms with van der Waals surface area (Å²) in [6.07, 6.45) is -0.569. The number of halogens is 2. The maximum Gasteiger partial charge on any atom is 0.307 e. The van der Waals surface area contributed by atoms with Gasteiger partial charge in [0, 0.05) is 11.6 Å². The third kappa shape index (κ3) is 3.31. The predicted octanol–water partition coefficient (Wildman–Crippen LogP) is 3.31. The summed E-state index contributed by atoms with van der Waals surface area (Å²) in [5.41, 5.74) is 0.475. The van der Waals surface area contributed by atoms with Gasteiger partial charge in [0.2, 0.25) is 0 Å². The number of carbonyl (C=O) groups excluding carboxylic acids is 2. The van der Waals surface area contributed by atoms with Crippen molar-refractivity contribution >= 4 is 40.8 Å². The molecule has 1 amide bonds. The Morgan fingerprint density at radius 3 is 2.68 bits per heavy atom. The van der Waals surface area contributed by atoms with Gasteiger partial charge in [-0.2, -0.15) is 0 Å². The van der Waals surface area contributed by atoms with Gasteiger partial charge in [0.05, 0.1) is 24.2 Å². The smallest absolute Gasteiger partial charge is 0.307 e. The molecule has 1 atom stereocenters. The molecule has 1 aliphatic heterocycles. The Bertz CT molecular complexity index is 603. The second kappa shape index (κ2) is 6.75. The zero-order valence-electron chi connectivity index (χ0n) is 12.6. The first-order chi connectivity index (χ1) is 10.3. The molecule has 120 valence electrons. The lowest BCUT2D eigenvalue weighted by Gasteiger charge is -2.36. The summed E-state index contributed by atoms with van der Waals surface area (Å²) >= 11 is 12.2. The molecule has 1 aromatic rings. The number of esters is 1. The molecule has 2 rings (SSSR count). The van der Waals surface area contributed by atoms with Crippen LogP contribution in [0.5, 0.6) is 5.75 Å². The summed E-state index contributed by atoms with van der Waals surface area (Å²) in [7, 11) is 1.31. The Hall–Kier alpha value is -1.46. The van der Waals surface area contributed by atoms with E-state index in [0.717, 1.165) is 0 Å². The number of hydrogen-bond acceptors (Lipinski definition) is 4. The molecule has 5 nitrogen and oxygen atoms in total. The first-order valence-electron chi connectivity index (χ1n) is 6.89. The van der Waals surface area contributed by atoms with Crippen LogP contribution in [0.4, 0.5) is 5.69 Å². The summed E-state index contributed by atoms with van der Waals surface area (Å²) in [5.74, 6) is -0.234. The summed E-state index contributed by atoms with van der Waals surface area (Å²) in [5, 5.41) is 0.731. The fraction of sp³-hybridized carbons (Fsp3) is 0.467. The average Bonchev–Trinajstić information content (AvgIpc) is 2.45. The molecule has 0 spiro atoms. The highest BCUT2D eigenvalue weighted by molar-refractivity contribution is 6.36. The maximum atomic E-state index is 12.6. The van der Waals surface area contributed by atoms with Crippen LogP contribution < -0.4 is 9.64 Å². The predicted molar refractivity (Wildman–Crippen MR) is 84.7 cm³/mol. The third-order valence-electron chi connectivity index (χ3n) is 3.41. The molecule has 0 N–H and O–H groups in total. The fourth-order valence-electron chi connectivity index (χ4n) is 2.27. The minimum absolute atomic E-state index is 0.0342. The molecule has 0 saturated heterocycles. The molecule has 0 bridgehead atoms. The zero-order chi connectivity index (χ0) is 16.4. The Morgan fingerprint density at radius 2 is 2.09 bits per heavy atom. The van der Waals surface area contributed by atoms with Crippen LogP contribution in [0.3, 0.4) is 0 Å². The average molecular weight is 346 g/mol. The van der Waals surface area contributed by atoms with E-state index < -0.39 is 12.1 Å². The second-order valence-corrected chi connectivity index (χ2v) is 6.18. The lowest BCUT2D eigenvalue weighted by molar-refractivity contribution is -0.140. The molecule has 1 aliphatic rings. The van der Waals surface area contributed by atoms with Crippen LogP contribution in [-0.4, -0.2) is 31.6 Å². The van der Waals surface area contributed by atoms with Crippen LogP contribution in [0.15, 0.2) is 12.1 Å². The van der Waals surface area contributed by atoms with E-state index in [2.05, 4.69) is 4.74 Å². The van der Waals surface area contributed by atoms with Crippen LogP contribution in [0.2, 0.25) is 10.0 Å². The van der Waals surface area contributed by atoms with Crippen molar-refractivity contribution in [2.24, 2.45) is 5.92 Å². The molecule has 22 heavy (non-hydrogen) atoms. The Balaban J connectivity index is 2.41. The van der Waals surface area contributed by atoms with E-state index in [-0.39, 0.29) is 24.8 Å². The number of fused-ring (bicyclic) bond motifs is 1. The van der Waals surface area contributed by atoms with Crippen molar-refractivity contribution < 1.29 is 19.1 Å². The molecule has 1 aromatic carbocycles. The summed E-state index contributed by atoms with van der Waals surface area (Å²) in [6, 6.07) is 3.17. The Kier molecular flexibility index (Phi) is 5.19. The number of anilines is 1. The van der Waals surface area contributed by atoms with Gasteiger partial charge in [-0.05, 0) is 18.1 Å². The molecular weight excluding hydrogens is 329 g/mol. The van der Waals surface area contributed by atoms with E-state index in [1.165, 1.54) is 12.0 Å². The van der Waals surface area contributed by atoms with Gasteiger partial charge >= 0.3 is 5.97 Å². The van der Waals surface area contributed by atoms with Crippen molar-refractivity contribution in [1.82, 2.24) is 0 Å². The van der Waals surface area contributed by atoms with Crippen molar-refractivity contribution in [1.29, 1.82) is 0 Å². The van der Waals surface area contributed by atoms with Crippen LogP contribution in [0.1, 0.15) is 20.3 Å². The Labute approximate surface area is 139 Å². The third-order valence-corrected chi connectivity index (χ3v) is 3.91. The van der Waals surface area contributed by atoms with Crippen molar-refractivity contribution in [2.45, 2.75) is 26.4 Å². The highest BCUT2D eigenvalue weighted by Crippen LogP contribution is 2.43. The van der Waals surface area contributed by atoms with E-state index in [9.17, 15) is 9.59 Å². The number of carbonyl (C=O) groups is 2. The number of hydrogen-bond donors (Lipinski definition) is 0. The fourth-order valence-corrected chi connectivity index (χ4v) is 2.80. The zero-order valence-corrected chi connectivity index (χ0v) is 14.1. The van der Waals surface area contributed by atoms with Gasteiger partial charge in [0.15, 0.2) is 11.9 Å². The van der Waals surface area contributed by atoms with Crippen molar-refractivity contribution in [3.63, 3.8) is 0 Å². The number of benzene rings is 1. The highest BCUT2D eigenvalue weighted by atomic mass is 35.5. The first-order valence-corrected chi connectivity index (χ1v) is 7.64. The van der Waals surface area contributed by atoms with E-state index in [1.807, 2.05) is 13.8 Å². The van der Waals surface area contributed by atoms with Gasteiger partial charge < -0.3 is 14.4 Å². The largest absolute Gasteiger partial charge is 0.477 e. The first kappa shape index (κ1) is 16.9. The lowest BCUT2D eigenvalue weighted by Crippen LogP contribution is -2.49. The van der Waals surface area contributed by atoms with Crippen LogP contribution in [0, 0.1) is 5.92 Å². The molecule has 0 aromatic heterocycles. The monoisotopic (exact) mass is 345 g/mol. The standard InChI is InChI=1S/C15H17Cl2NO4/c1-8(2)13-15(20)18(5-4-12(19)21-3)11-7-9(16)6-10(17)14(11)22-13/h6-8,13H,4-5H2,1-3H3/t13-/m1/s1. The molecule has 0 unspecified atom stereocenters. The summed E-state index contributed by atoms with van der Waals surface area (Å²) in [6.45, 7) is 3.95. The number of methoxy groups -OCH3 is 1. The SMILES string of the molecule is COC(=O)CCN1C(=O)[C@@H](C(C)C)Oc2c(Cl)cc(Cl)cc21. The van der Waals surface area contributed by atoms with Crippen LogP contribution >= 0.6 is 23.2 Å². The molecular formula is C15H17Cl2NO4. The van der Waals surface area contributed by atoms with Crippen molar-refractivity contribution in [3.05, 3.63) is 22.2 Å². The number of ether oxygens (including phenoxy) is 2. The van der Waals surface area contributed by atoms with Gasteiger partial charge in [-0.3, -0.25) is 9.59 Å². The van der Waals surface area contributed by atoms with Crippen molar-refractivity contribution in [2.75, 3.05) is 18.6 Å². The highest BCUT2D eigenvalue weighted by Gasteiger charge is 2.37. The molecule has 0 radical (unpaired) electrons. The molecule has 0 fully saturated rings. The normalized spacial score (nSPS) is 17.3. The number of rotatable bonds is 4. The van der Waals surface area contributed by atoms with Crippen molar-refractivity contribution in [3.8, 4) is 5.75 Å². The molecule has 0 aliphatic carbocycles. The number of amides is 1. The van der Waals surface area contributed by atoms with Gasteiger partial charge in [-0.1, -0.05) is 37.0 Å². The molecule has 0 saturated carbocycles. The second-order valence-electron chi connectivity index (χ2n) is 5.33. The van der Waals surface area contributed by atoms with Crippen LogP contribution in [-0.2, 0) is 14.3 Å². The molecule has 7 heteroatoms. The van der Waals surface area contributed by atoms with Gasteiger partial charge in [0.25, 0.3) is 5.91 Å². The topological polar surface area (TPSA) is 55.8 Å². The van der Waals surface area contributed by atoms with E-state index in [4.69, 9.17) is 27.9 Å². The van der Waals surface area contributed by atoms with Crippen LogP contribution in [0.25, 0.3) is 0 Å². The van der Waals surface area contributed by atoms with E-state index in [0.29, 0.717) is 21.5 Å². The number of nitrogens with zero attached hydrogens (tertiary/aromatic N) is 1. The van der Waals surface area contributed by atoms with Gasteiger partial charge in [-0.25, -0.2) is 0 Å². The Morgan fingerprint density at radius 1 is 1.41 bits per heavy atom. The minimum atomic E-state index is -0.649. The maximum absolute atomic E-state index is 12.6. The lowest BCUT2D eigenvalue weighted by atomic mass is 10.0. The quantitative estimate of drug-likeness (QED) is 0.785. The van der Waals surface area contributed by atoms with Gasteiger partial charge in [-0.15, -0.1) is 0 Å². The van der Waals surface area contributed by atoms with E-state index in [1.54, 1.807) is 12.1 Å². The minimum Gasteiger partial charge on any atom is -0.477 e. The summed E-state index contributed by atoms with van der Waals surface area (Å²) in [4.78, 5) is 25.5.